The monoisotopic (exact) mass is 712 g/mol. The summed E-state index contributed by atoms with van der Waals surface area (Å²) in [5.41, 5.74) is 7.09. The molecule has 11 heteroatoms. The molecule has 3 N–H and O–H groups in total. The Balaban J connectivity index is 1.14. The van der Waals surface area contributed by atoms with Crippen LogP contribution in [-0.2, 0) is 16.2 Å². The molecule has 0 atom stereocenters. The number of hydrogen-bond donors (Lipinski definition) is 3. The Bertz CT molecular complexity index is 2100. The van der Waals surface area contributed by atoms with Gasteiger partial charge in [0.15, 0.2) is 0 Å². The number of hydrogen-bond acceptors (Lipinski definition) is 6. The molecule has 0 saturated carbocycles. The van der Waals surface area contributed by atoms with E-state index < -0.39 is 17.7 Å². The minimum Gasteiger partial charge on any atom is -0.489 e. The third kappa shape index (κ3) is 8.53. The van der Waals surface area contributed by atoms with Gasteiger partial charge in [-0.3, -0.25) is 14.4 Å². The highest BCUT2D eigenvalue weighted by molar-refractivity contribution is 9.10. The standard InChI is InChI=1S/C38H29BrN6O4/c39-29-17-19-30(20-18-29)41-36(46)33-13-7-8-14-34(33)42-37(47)38(48)43-40-23-28-24-45(31-11-5-2-6-12-31)44-35(28)27-15-21-32(22-16-27)49-25-26-9-3-1-4-10-26/h1-24H,25H2,(H,41,46)(H,42,47)(H,43,48)/b40-23+. The lowest BCUT2D eigenvalue weighted by Crippen LogP contribution is -2.33. The van der Waals surface area contributed by atoms with Gasteiger partial charge in [-0.15, -0.1) is 0 Å². The number of aromatic nitrogens is 2. The fraction of sp³-hybridized carbons (Fsp3) is 0.0263. The quantitative estimate of drug-likeness (QED) is 0.0785. The van der Waals surface area contributed by atoms with Crippen molar-refractivity contribution in [2.24, 2.45) is 5.10 Å². The highest BCUT2D eigenvalue weighted by Crippen LogP contribution is 2.26. The molecule has 0 aliphatic rings. The molecule has 10 nitrogen and oxygen atoms in total. The number of rotatable bonds is 10. The Morgan fingerprint density at radius 1 is 0.755 bits per heavy atom. The van der Waals surface area contributed by atoms with Gasteiger partial charge in [0.05, 0.1) is 23.2 Å². The molecule has 3 amide bonds. The smallest absolute Gasteiger partial charge is 0.329 e. The van der Waals surface area contributed by atoms with Crippen molar-refractivity contribution in [3.8, 4) is 22.7 Å². The topological polar surface area (TPSA) is 127 Å². The first-order valence-electron chi connectivity index (χ1n) is 15.2. The van der Waals surface area contributed by atoms with Crippen LogP contribution in [0.1, 0.15) is 21.5 Å². The van der Waals surface area contributed by atoms with Gasteiger partial charge in [0.1, 0.15) is 18.1 Å². The Morgan fingerprint density at radius 2 is 1.43 bits per heavy atom. The fourth-order valence-electron chi connectivity index (χ4n) is 4.78. The third-order valence-corrected chi connectivity index (χ3v) is 7.77. The van der Waals surface area contributed by atoms with Crippen LogP contribution in [-0.4, -0.2) is 33.7 Å². The van der Waals surface area contributed by atoms with Crippen molar-refractivity contribution in [3.05, 3.63) is 161 Å². The van der Waals surface area contributed by atoms with Crippen molar-refractivity contribution in [1.29, 1.82) is 0 Å². The molecule has 0 bridgehead atoms. The van der Waals surface area contributed by atoms with Gasteiger partial charge in [-0.1, -0.05) is 76.6 Å². The first kappa shape index (κ1) is 32.6. The van der Waals surface area contributed by atoms with Crippen molar-refractivity contribution in [3.63, 3.8) is 0 Å². The highest BCUT2D eigenvalue weighted by Gasteiger charge is 2.18. The van der Waals surface area contributed by atoms with Gasteiger partial charge >= 0.3 is 11.8 Å². The Kier molecular flexibility index (Phi) is 10.3. The molecule has 6 aromatic rings. The number of para-hydroxylation sites is 2. The number of nitrogens with one attached hydrogen (secondary N) is 3. The average molecular weight is 714 g/mol. The van der Waals surface area contributed by atoms with E-state index in [4.69, 9.17) is 9.84 Å². The van der Waals surface area contributed by atoms with E-state index in [1.807, 2.05) is 84.9 Å². The van der Waals surface area contributed by atoms with Gasteiger partial charge in [-0.2, -0.15) is 10.2 Å². The van der Waals surface area contributed by atoms with E-state index in [1.54, 1.807) is 53.3 Å². The van der Waals surface area contributed by atoms with E-state index in [1.165, 1.54) is 12.3 Å². The van der Waals surface area contributed by atoms with Crippen molar-refractivity contribution in [2.75, 3.05) is 10.6 Å². The summed E-state index contributed by atoms with van der Waals surface area (Å²) in [5, 5.41) is 14.1. The number of benzene rings is 5. The number of amides is 3. The van der Waals surface area contributed by atoms with Crippen LogP contribution in [0.5, 0.6) is 5.75 Å². The second-order valence-corrected chi connectivity index (χ2v) is 11.6. The number of carbonyl (C=O) groups is 3. The summed E-state index contributed by atoms with van der Waals surface area (Å²) in [6, 6.07) is 40.4. The van der Waals surface area contributed by atoms with E-state index in [9.17, 15) is 14.4 Å². The number of hydrazone groups is 1. The zero-order valence-electron chi connectivity index (χ0n) is 25.9. The number of nitrogens with zero attached hydrogens (tertiary/aromatic N) is 3. The van der Waals surface area contributed by atoms with Crippen molar-refractivity contribution in [2.45, 2.75) is 6.61 Å². The van der Waals surface area contributed by atoms with E-state index >= 15 is 0 Å². The molecule has 242 valence electrons. The van der Waals surface area contributed by atoms with Crippen LogP contribution in [0.2, 0.25) is 0 Å². The molecule has 6 rings (SSSR count). The van der Waals surface area contributed by atoms with Gasteiger partial charge in [-0.25, -0.2) is 10.1 Å². The molecule has 0 aliphatic heterocycles. The molecule has 0 spiro atoms. The summed E-state index contributed by atoms with van der Waals surface area (Å²) in [4.78, 5) is 38.5. The van der Waals surface area contributed by atoms with Crippen LogP contribution in [0, 0.1) is 0 Å². The average Bonchev–Trinajstić information content (AvgIpc) is 3.57. The van der Waals surface area contributed by atoms with E-state index in [0.29, 0.717) is 29.3 Å². The second-order valence-electron chi connectivity index (χ2n) is 10.7. The van der Waals surface area contributed by atoms with Crippen molar-refractivity contribution in [1.82, 2.24) is 15.2 Å². The minimum absolute atomic E-state index is 0.170. The number of anilines is 2. The predicted octanol–water partition coefficient (Wildman–Crippen LogP) is 7.22. The first-order valence-corrected chi connectivity index (χ1v) is 15.9. The van der Waals surface area contributed by atoms with Crippen LogP contribution in [0.15, 0.2) is 149 Å². The lowest BCUT2D eigenvalue weighted by Gasteiger charge is -2.11. The maximum atomic E-state index is 13.0. The predicted molar refractivity (Wildman–Crippen MR) is 193 cm³/mol. The van der Waals surface area contributed by atoms with Gasteiger partial charge in [0, 0.05) is 27.5 Å². The molecule has 1 heterocycles. The molecule has 0 unspecified atom stereocenters. The molecule has 1 aromatic heterocycles. The summed E-state index contributed by atoms with van der Waals surface area (Å²) in [6.07, 6.45) is 3.20. The van der Waals surface area contributed by atoms with Crippen molar-refractivity contribution < 1.29 is 19.1 Å². The summed E-state index contributed by atoms with van der Waals surface area (Å²) in [5.74, 6) is -1.75. The summed E-state index contributed by atoms with van der Waals surface area (Å²) in [7, 11) is 0. The second kappa shape index (κ2) is 15.5. The zero-order chi connectivity index (χ0) is 34.0. The highest BCUT2D eigenvalue weighted by atomic mass is 79.9. The molecule has 0 radical (unpaired) electrons. The van der Waals surface area contributed by atoms with E-state index in [-0.39, 0.29) is 11.3 Å². The van der Waals surface area contributed by atoms with Gasteiger partial charge < -0.3 is 15.4 Å². The normalized spacial score (nSPS) is 10.8. The molecular formula is C38H29BrN6O4. The lowest BCUT2D eigenvalue weighted by atomic mass is 10.1. The maximum absolute atomic E-state index is 13.0. The Labute approximate surface area is 290 Å². The minimum atomic E-state index is -1.02. The SMILES string of the molecule is O=C(N/N=C/c1cn(-c2ccccc2)nc1-c1ccc(OCc2ccccc2)cc1)C(=O)Nc1ccccc1C(=O)Nc1ccc(Br)cc1. The number of ether oxygens (including phenoxy) is 1. The number of carbonyl (C=O) groups excluding carboxylic acids is 3. The van der Waals surface area contributed by atoms with Crippen LogP contribution in [0.4, 0.5) is 11.4 Å². The molecule has 5 aromatic carbocycles. The van der Waals surface area contributed by atoms with Gasteiger partial charge in [0.25, 0.3) is 5.91 Å². The lowest BCUT2D eigenvalue weighted by molar-refractivity contribution is -0.136. The van der Waals surface area contributed by atoms with Gasteiger partial charge in [-0.05, 0) is 78.4 Å². The zero-order valence-corrected chi connectivity index (χ0v) is 27.5. The Hall–Kier alpha value is -6.33. The first-order chi connectivity index (χ1) is 23.9. The van der Waals surface area contributed by atoms with Crippen LogP contribution in [0.25, 0.3) is 16.9 Å². The summed E-state index contributed by atoms with van der Waals surface area (Å²) < 4.78 is 8.51. The number of halogens is 1. The van der Waals surface area contributed by atoms with Crippen LogP contribution in [0.3, 0.4) is 0 Å². The molecule has 0 fully saturated rings. The van der Waals surface area contributed by atoms with Crippen LogP contribution >= 0.6 is 15.9 Å². The largest absolute Gasteiger partial charge is 0.489 e. The summed E-state index contributed by atoms with van der Waals surface area (Å²) in [6.45, 7) is 0.443. The third-order valence-electron chi connectivity index (χ3n) is 7.24. The van der Waals surface area contributed by atoms with Gasteiger partial charge in [0.2, 0.25) is 0 Å². The summed E-state index contributed by atoms with van der Waals surface area (Å²) >= 11 is 3.36. The van der Waals surface area contributed by atoms with E-state index in [2.05, 4.69) is 37.1 Å². The van der Waals surface area contributed by atoms with E-state index in [0.717, 1.165) is 21.3 Å². The molecule has 49 heavy (non-hydrogen) atoms. The maximum Gasteiger partial charge on any atom is 0.329 e. The molecule has 0 aliphatic carbocycles. The van der Waals surface area contributed by atoms with Crippen molar-refractivity contribution >= 4 is 51.2 Å². The molecular weight excluding hydrogens is 684 g/mol. The fourth-order valence-corrected chi connectivity index (χ4v) is 5.05. The Morgan fingerprint density at radius 3 is 2.16 bits per heavy atom. The molecule has 0 saturated heterocycles. The van der Waals surface area contributed by atoms with Crippen LogP contribution < -0.4 is 20.8 Å².